The van der Waals surface area contributed by atoms with Crippen LogP contribution in [0.1, 0.15) is 27.7 Å². The van der Waals surface area contributed by atoms with E-state index in [1.54, 1.807) is 0 Å². The summed E-state index contributed by atoms with van der Waals surface area (Å²) in [5, 5.41) is 7.69. The third-order valence-electron chi connectivity index (χ3n) is 9.85. The number of anilines is 3. The van der Waals surface area contributed by atoms with Crippen molar-refractivity contribution in [3.05, 3.63) is 146 Å². The van der Waals surface area contributed by atoms with E-state index in [0.717, 1.165) is 22.5 Å². The second kappa shape index (κ2) is 10.9. The minimum absolute atomic E-state index is 0.404. The van der Waals surface area contributed by atoms with Crippen molar-refractivity contribution in [3.63, 3.8) is 0 Å². The first-order valence-corrected chi connectivity index (χ1v) is 16.0. The lowest BCUT2D eigenvalue weighted by molar-refractivity contribution is 0.00578. The molecule has 0 radical (unpaired) electrons. The van der Waals surface area contributed by atoms with Crippen LogP contribution in [0, 0.1) is 0 Å². The van der Waals surface area contributed by atoms with Gasteiger partial charge in [-0.2, -0.15) is 0 Å². The zero-order valence-electron chi connectivity index (χ0n) is 26.7. The Morgan fingerprint density at radius 3 is 1.52 bits per heavy atom. The Bertz CT molecular complexity index is 2190. The topological polar surface area (TPSA) is 21.7 Å². The Morgan fingerprint density at radius 1 is 0.413 bits per heavy atom. The lowest BCUT2D eigenvalue weighted by atomic mass is 9.79. The summed E-state index contributed by atoms with van der Waals surface area (Å²) in [4.78, 5) is 2.31. The molecule has 0 bridgehead atoms. The highest BCUT2D eigenvalue weighted by atomic mass is 16.7. The average Bonchev–Trinajstić information content (AvgIpc) is 3.31. The first-order chi connectivity index (χ1) is 22.3. The van der Waals surface area contributed by atoms with Crippen molar-refractivity contribution in [1.82, 2.24) is 0 Å². The Labute approximate surface area is 271 Å². The highest BCUT2D eigenvalue weighted by Crippen LogP contribution is 2.40. The van der Waals surface area contributed by atoms with Crippen LogP contribution in [0.5, 0.6) is 0 Å². The van der Waals surface area contributed by atoms with Crippen LogP contribution in [-0.4, -0.2) is 18.3 Å². The van der Waals surface area contributed by atoms with Gasteiger partial charge >= 0.3 is 7.12 Å². The van der Waals surface area contributed by atoms with E-state index in [-0.39, 0.29) is 0 Å². The molecule has 7 aromatic carbocycles. The Morgan fingerprint density at radius 2 is 0.891 bits per heavy atom. The summed E-state index contributed by atoms with van der Waals surface area (Å²) in [7, 11) is -0.433. The van der Waals surface area contributed by atoms with Crippen molar-refractivity contribution in [2.75, 3.05) is 4.90 Å². The van der Waals surface area contributed by atoms with Crippen LogP contribution >= 0.6 is 0 Å². The zero-order chi connectivity index (χ0) is 31.5. The molecule has 7 aromatic rings. The SMILES string of the molecule is CC1(C)OB(c2cccc(N(c3ccccc3)c3cccc(-c4ccc5c6ccccc6c6ccccc6c5c4)c3)c2)OC1(C)C. The van der Waals surface area contributed by atoms with E-state index in [4.69, 9.17) is 9.31 Å². The van der Waals surface area contributed by atoms with E-state index in [0.29, 0.717) is 0 Å². The third kappa shape index (κ3) is 4.77. The van der Waals surface area contributed by atoms with Gasteiger partial charge in [0, 0.05) is 17.1 Å². The summed E-state index contributed by atoms with van der Waals surface area (Å²) in [5.74, 6) is 0. The Kier molecular flexibility index (Phi) is 6.75. The highest BCUT2D eigenvalue weighted by molar-refractivity contribution is 6.62. The predicted octanol–water partition coefficient (Wildman–Crippen LogP) is 10.6. The molecule has 0 N–H and O–H groups in total. The van der Waals surface area contributed by atoms with Crippen LogP contribution < -0.4 is 10.4 Å². The summed E-state index contributed by atoms with van der Waals surface area (Å²) in [5.41, 5.74) is 5.76. The lowest BCUT2D eigenvalue weighted by Crippen LogP contribution is -2.41. The number of rotatable bonds is 5. The van der Waals surface area contributed by atoms with Gasteiger partial charge in [0.25, 0.3) is 0 Å². The maximum absolute atomic E-state index is 6.42. The molecule has 1 fully saturated rings. The molecule has 3 nitrogen and oxygen atoms in total. The summed E-state index contributed by atoms with van der Waals surface area (Å²) in [6.07, 6.45) is 0. The van der Waals surface area contributed by atoms with E-state index in [1.165, 1.54) is 43.4 Å². The van der Waals surface area contributed by atoms with Crippen LogP contribution in [0.4, 0.5) is 17.1 Å². The standard InChI is InChI=1S/C42H36BNO2/c1-41(2)42(3,4)46-43(45-41)31-15-13-19-34(28-31)44(32-16-6-5-7-17-32)33-18-12-14-29(26-33)30-24-25-39-37-22-9-8-20-35(37)36-21-10-11-23-38(36)40(39)27-30/h5-28H,1-4H3. The Hall–Kier alpha value is -4.90. The summed E-state index contributed by atoms with van der Waals surface area (Å²) in [6.45, 7) is 8.38. The van der Waals surface area contributed by atoms with Crippen molar-refractivity contribution in [1.29, 1.82) is 0 Å². The minimum Gasteiger partial charge on any atom is -0.399 e. The molecule has 0 atom stereocenters. The van der Waals surface area contributed by atoms with E-state index >= 15 is 0 Å². The van der Waals surface area contributed by atoms with Gasteiger partial charge in [-0.15, -0.1) is 0 Å². The molecule has 0 amide bonds. The molecule has 4 heteroatoms. The quantitative estimate of drug-likeness (QED) is 0.146. The molecule has 1 aliphatic heterocycles. The summed E-state index contributed by atoms with van der Waals surface area (Å²) >= 11 is 0. The van der Waals surface area contributed by atoms with Gasteiger partial charge in [0.15, 0.2) is 0 Å². The van der Waals surface area contributed by atoms with E-state index in [9.17, 15) is 0 Å². The van der Waals surface area contributed by atoms with Gasteiger partial charge in [0.1, 0.15) is 0 Å². The van der Waals surface area contributed by atoms with Gasteiger partial charge in [0.2, 0.25) is 0 Å². The first kappa shape index (κ1) is 28.6. The van der Waals surface area contributed by atoms with Crippen LogP contribution in [0.15, 0.2) is 146 Å². The molecule has 0 spiro atoms. The minimum atomic E-state index is -0.433. The molecule has 1 aliphatic rings. The molecule has 224 valence electrons. The number of hydrogen-bond acceptors (Lipinski definition) is 3. The molecule has 0 unspecified atom stereocenters. The number of nitrogens with zero attached hydrogens (tertiary/aromatic N) is 1. The van der Waals surface area contributed by atoms with Gasteiger partial charge in [-0.05, 0) is 119 Å². The van der Waals surface area contributed by atoms with Gasteiger partial charge in [0.05, 0.1) is 11.2 Å². The second-order valence-electron chi connectivity index (χ2n) is 13.3. The van der Waals surface area contributed by atoms with Crippen molar-refractivity contribution in [2.45, 2.75) is 38.9 Å². The smallest absolute Gasteiger partial charge is 0.399 e. The van der Waals surface area contributed by atoms with Crippen LogP contribution in [0.25, 0.3) is 43.4 Å². The van der Waals surface area contributed by atoms with Crippen molar-refractivity contribution in [3.8, 4) is 11.1 Å². The summed E-state index contributed by atoms with van der Waals surface area (Å²) < 4.78 is 12.8. The van der Waals surface area contributed by atoms with Crippen LogP contribution in [0.3, 0.4) is 0 Å². The largest absolute Gasteiger partial charge is 0.494 e. The fourth-order valence-electron chi connectivity index (χ4n) is 6.73. The molecule has 8 rings (SSSR count). The average molecular weight is 598 g/mol. The fraction of sp³-hybridized carbons (Fsp3) is 0.143. The second-order valence-corrected chi connectivity index (χ2v) is 13.3. The van der Waals surface area contributed by atoms with Crippen LogP contribution in [0.2, 0.25) is 0 Å². The fourth-order valence-corrected chi connectivity index (χ4v) is 6.73. The monoisotopic (exact) mass is 597 g/mol. The lowest BCUT2D eigenvalue weighted by Gasteiger charge is -2.32. The first-order valence-electron chi connectivity index (χ1n) is 16.0. The maximum Gasteiger partial charge on any atom is 0.494 e. The van der Waals surface area contributed by atoms with E-state index < -0.39 is 18.3 Å². The van der Waals surface area contributed by atoms with Crippen molar-refractivity contribution in [2.24, 2.45) is 0 Å². The van der Waals surface area contributed by atoms with Gasteiger partial charge in [-0.25, -0.2) is 0 Å². The number of benzene rings is 7. The van der Waals surface area contributed by atoms with Gasteiger partial charge in [-0.1, -0.05) is 103 Å². The predicted molar refractivity (Wildman–Crippen MR) is 195 cm³/mol. The summed E-state index contributed by atoms with van der Waals surface area (Å²) in [6, 6.07) is 52.3. The molecule has 1 heterocycles. The van der Waals surface area contributed by atoms with E-state index in [1.807, 2.05) is 0 Å². The Balaban J connectivity index is 1.24. The van der Waals surface area contributed by atoms with Gasteiger partial charge in [-0.3, -0.25) is 0 Å². The number of para-hydroxylation sites is 1. The van der Waals surface area contributed by atoms with Crippen molar-refractivity contribution < 1.29 is 9.31 Å². The third-order valence-corrected chi connectivity index (χ3v) is 9.85. The molecular weight excluding hydrogens is 561 g/mol. The molecule has 0 saturated carbocycles. The molecule has 0 aromatic heterocycles. The number of fused-ring (bicyclic) bond motifs is 6. The maximum atomic E-state index is 6.42. The highest BCUT2D eigenvalue weighted by Gasteiger charge is 2.51. The normalized spacial score (nSPS) is 15.5. The molecule has 1 saturated heterocycles. The van der Waals surface area contributed by atoms with Gasteiger partial charge < -0.3 is 14.2 Å². The van der Waals surface area contributed by atoms with Crippen LogP contribution in [-0.2, 0) is 9.31 Å². The zero-order valence-corrected chi connectivity index (χ0v) is 26.7. The molecule has 0 aliphatic carbocycles. The van der Waals surface area contributed by atoms with E-state index in [2.05, 4.69) is 178 Å². The molecular formula is C42H36BNO2. The molecule has 46 heavy (non-hydrogen) atoms. The van der Waals surface area contributed by atoms with Crippen molar-refractivity contribution >= 4 is 62.0 Å². The number of hydrogen-bond donors (Lipinski definition) is 0.